The molecule has 2 aromatic rings. The van der Waals surface area contributed by atoms with Crippen LogP contribution >= 0.6 is 27.3 Å². The molecule has 3 nitrogen and oxygen atoms in total. The molecule has 0 saturated heterocycles. The number of nitrogens with one attached hydrogen (secondary N) is 1. The number of carboxylic acids is 1. The van der Waals surface area contributed by atoms with Crippen molar-refractivity contribution in [3.05, 3.63) is 50.6 Å². The highest BCUT2D eigenvalue weighted by molar-refractivity contribution is 9.10. The van der Waals surface area contributed by atoms with Crippen LogP contribution in [0.1, 0.15) is 15.9 Å². The highest BCUT2D eigenvalue weighted by atomic mass is 79.9. The third kappa shape index (κ3) is 3.08. The van der Waals surface area contributed by atoms with E-state index in [-0.39, 0.29) is 5.56 Å². The number of rotatable bonds is 4. The summed E-state index contributed by atoms with van der Waals surface area (Å²) >= 11 is 5.01. The van der Waals surface area contributed by atoms with E-state index in [4.69, 9.17) is 5.11 Å². The van der Waals surface area contributed by atoms with E-state index in [2.05, 4.69) is 32.7 Å². The number of hydrogen-bond acceptors (Lipinski definition) is 3. The minimum Gasteiger partial charge on any atom is -0.478 e. The fourth-order valence-electron chi connectivity index (χ4n) is 1.38. The second kappa shape index (κ2) is 5.33. The van der Waals surface area contributed by atoms with Crippen LogP contribution in [0.4, 0.5) is 5.69 Å². The Bertz CT molecular complexity index is 525. The van der Waals surface area contributed by atoms with Gasteiger partial charge in [0.05, 0.1) is 5.56 Å². The number of halogens is 1. The molecule has 0 bridgehead atoms. The maximum absolute atomic E-state index is 10.8. The number of anilines is 1. The second-order valence-electron chi connectivity index (χ2n) is 3.48. The van der Waals surface area contributed by atoms with Crippen LogP contribution in [-0.4, -0.2) is 11.1 Å². The minimum atomic E-state index is -0.921. The zero-order chi connectivity index (χ0) is 12.3. The first-order chi connectivity index (χ1) is 8.16. The molecule has 0 spiro atoms. The van der Waals surface area contributed by atoms with Crippen LogP contribution in [0.25, 0.3) is 0 Å². The number of hydrogen-bond donors (Lipinski definition) is 2. The molecule has 2 N–H and O–H groups in total. The van der Waals surface area contributed by atoms with E-state index >= 15 is 0 Å². The summed E-state index contributed by atoms with van der Waals surface area (Å²) in [6.07, 6.45) is 0. The van der Waals surface area contributed by atoms with E-state index in [0.717, 1.165) is 16.7 Å². The van der Waals surface area contributed by atoms with Crippen molar-refractivity contribution in [2.24, 2.45) is 0 Å². The first-order valence-corrected chi connectivity index (χ1v) is 6.68. The van der Waals surface area contributed by atoms with Gasteiger partial charge in [0.2, 0.25) is 0 Å². The first-order valence-electron chi connectivity index (χ1n) is 4.94. The summed E-state index contributed by atoms with van der Waals surface area (Å²) in [4.78, 5) is 10.8. The fraction of sp³-hybridized carbons (Fsp3) is 0.0833. The van der Waals surface area contributed by atoms with Gasteiger partial charge in [0, 0.05) is 16.7 Å². The Morgan fingerprint density at radius 1 is 1.41 bits per heavy atom. The molecule has 0 aliphatic carbocycles. The zero-order valence-electron chi connectivity index (χ0n) is 8.81. The van der Waals surface area contributed by atoms with Crippen LogP contribution < -0.4 is 5.32 Å². The van der Waals surface area contributed by atoms with Gasteiger partial charge in [0.1, 0.15) is 0 Å². The molecule has 0 radical (unpaired) electrons. The van der Waals surface area contributed by atoms with Gasteiger partial charge in [-0.3, -0.25) is 0 Å². The molecule has 88 valence electrons. The average molecular weight is 312 g/mol. The lowest BCUT2D eigenvalue weighted by molar-refractivity contribution is 0.0697. The third-order valence-corrected chi connectivity index (χ3v) is 3.67. The summed E-state index contributed by atoms with van der Waals surface area (Å²) in [6, 6.07) is 7.00. The number of carboxylic acid groups (broad SMARTS) is 1. The van der Waals surface area contributed by atoms with Crippen LogP contribution in [0.3, 0.4) is 0 Å². The lowest BCUT2D eigenvalue weighted by Gasteiger charge is -2.08. The Morgan fingerprint density at radius 3 is 2.82 bits per heavy atom. The lowest BCUT2D eigenvalue weighted by atomic mass is 10.2. The lowest BCUT2D eigenvalue weighted by Crippen LogP contribution is -2.01. The van der Waals surface area contributed by atoms with Gasteiger partial charge in [-0.1, -0.05) is 0 Å². The van der Waals surface area contributed by atoms with Crippen molar-refractivity contribution >= 4 is 38.9 Å². The standard InChI is InChI=1S/C12H10BrNO2S/c13-10-5-9(12(15)16)1-2-11(10)14-6-8-3-4-17-7-8/h1-5,7,14H,6H2,(H,15,16). The summed E-state index contributed by atoms with van der Waals surface area (Å²) < 4.78 is 0.757. The molecule has 17 heavy (non-hydrogen) atoms. The van der Waals surface area contributed by atoms with Crippen molar-refractivity contribution in [1.82, 2.24) is 0 Å². The topological polar surface area (TPSA) is 49.3 Å². The van der Waals surface area contributed by atoms with Gasteiger partial charge in [-0.25, -0.2) is 4.79 Å². The molecular formula is C12H10BrNO2S. The summed E-state index contributed by atoms with van der Waals surface area (Å²) in [5.41, 5.74) is 2.38. The van der Waals surface area contributed by atoms with E-state index in [9.17, 15) is 4.79 Å². The average Bonchev–Trinajstić information content (AvgIpc) is 2.80. The predicted octanol–water partition coefficient (Wildman–Crippen LogP) is 3.82. The van der Waals surface area contributed by atoms with E-state index in [0.29, 0.717) is 0 Å². The smallest absolute Gasteiger partial charge is 0.335 e. The normalized spacial score (nSPS) is 10.2. The first kappa shape index (κ1) is 12.1. The Morgan fingerprint density at radius 2 is 2.24 bits per heavy atom. The van der Waals surface area contributed by atoms with Gasteiger partial charge in [-0.05, 0) is 56.5 Å². The quantitative estimate of drug-likeness (QED) is 0.902. The summed E-state index contributed by atoms with van der Waals surface area (Å²) in [5.74, 6) is -0.921. The molecule has 2 rings (SSSR count). The van der Waals surface area contributed by atoms with Gasteiger partial charge in [0.25, 0.3) is 0 Å². The monoisotopic (exact) mass is 311 g/mol. The van der Waals surface area contributed by atoms with Gasteiger partial charge in [0.15, 0.2) is 0 Å². The number of thiophene rings is 1. The van der Waals surface area contributed by atoms with Crippen LogP contribution in [0.15, 0.2) is 39.5 Å². The molecular weight excluding hydrogens is 302 g/mol. The van der Waals surface area contributed by atoms with E-state index in [1.165, 1.54) is 5.56 Å². The van der Waals surface area contributed by atoms with Crippen molar-refractivity contribution in [3.8, 4) is 0 Å². The van der Waals surface area contributed by atoms with Crippen LogP contribution in [0.2, 0.25) is 0 Å². The molecule has 0 unspecified atom stereocenters. The molecule has 5 heteroatoms. The summed E-state index contributed by atoms with van der Waals surface area (Å²) in [7, 11) is 0. The molecule has 0 atom stereocenters. The van der Waals surface area contributed by atoms with E-state index in [1.807, 2.05) is 5.38 Å². The Labute approximate surface area is 111 Å². The Balaban J connectivity index is 2.09. The Hall–Kier alpha value is -1.33. The van der Waals surface area contributed by atoms with Gasteiger partial charge in [-0.2, -0.15) is 11.3 Å². The molecule has 1 aromatic carbocycles. The third-order valence-electron chi connectivity index (χ3n) is 2.28. The van der Waals surface area contributed by atoms with Crippen molar-refractivity contribution in [2.75, 3.05) is 5.32 Å². The maximum Gasteiger partial charge on any atom is 0.335 e. The number of carbonyl (C=O) groups is 1. The van der Waals surface area contributed by atoms with Crippen LogP contribution in [0, 0.1) is 0 Å². The second-order valence-corrected chi connectivity index (χ2v) is 5.12. The summed E-state index contributed by atoms with van der Waals surface area (Å²) in [6.45, 7) is 0.731. The summed E-state index contributed by atoms with van der Waals surface area (Å²) in [5, 5.41) is 16.2. The highest BCUT2D eigenvalue weighted by Gasteiger charge is 2.06. The van der Waals surface area contributed by atoms with Crippen LogP contribution in [-0.2, 0) is 6.54 Å². The van der Waals surface area contributed by atoms with E-state index < -0.39 is 5.97 Å². The minimum absolute atomic E-state index is 0.276. The number of benzene rings is 1. The molecule has 0 amide bonds. The van der Waals surface area contributed by atoms with Crippen molar-refractivity contribution in [1.29, 1.82) is 0 Å². The van der Waals surface area contributed by atoms with Gasteiger partial charge < -0.3 is 10.4 Å². The Kier molecular flexibility index (Phi) is 3.81. The molecule has 0 aliphatic heterocycles. The van der Waals surface area contributed by atoms with Gasteiger partial charge in [-0.15, -0.1) is 0 Å². The van der Waals surface area contributed by atoms with Gasteiger partial charge >= 0.3 is 5.97 Å². The fourth-order valence-corrected chi connectivity index (χ4v) is 2.57. The van der Waals surface area contributed by atoms with E-state index in [1.54, 1.807) is 29.5 Å². The van der Waals surface area contributed by atoms with Crippen molar-refractivity contribution in [2.45, 2.75) is 6.54 Å². The molecule has 0 fully saturated rings. The predicted molar refractivity (Wildman–Crippen MR) is 72.7 cm³/mol. The van der Waals surface area contributed by atoms with Crippen molar-refractivity contribution in [3.63, 3.8) is 0 Å². The van der Waals surface area contributed by atoms with Crippen molar-refractivity contribution < 1.29 is 9.90 Å². The number of aromatic carboxylic acids is 1. The van der Waals surface area contributed by atoms with Crippen LogP contribution in [0.5, 0.6) is 0 Å². The SMILES string of the molecule is O=C(O)c1ccc(NCc2ccsc2)c(Br)c1. The largest absolute Gasteiger partial charge is 0.478 e. The highest BCUT2D eigenvalue weighted by Crippen LogP contribution is 2.24. The molecule has 0 saturated carbocycles. The maximum atomic E-state index is 10.8. The zero-order valence-corrected chi connectivity index (χ0v) is 11.2. The molecule has 1 aromatic heterocycles. The molecule has 1 heterocycles. The molecule has 0 aliphatic rings.